The second-order valence-electron chi connectivity index (χ2n) is 3.61. The molecule has 0 saturated heterocycles. The molecular weight excluding hydrogens is 162 g/mol. The van der Waals surface area contributed by atoms with Gasteiger partial charge in [-0.25, -0.2) is 4.98 Å². The van der Waals surface area contributed by atoms with Crippen LogP contribution in [0, 0.1) is 0 Å². The number of aromatic nitrogens is 2. The number of hydrogen-bond donors (Lipinski definition) is 2. The summed E-state index contributed by atoms with van der Waals surface area (Å²) in [6.45, 7) is 0. The van der Waals surface area contributed by atoms with Crippen molar-refractivity contribution in [3.05, 3.63) is 23.3 Å². The fraction of sp³-hybridized carbons (Fsp3) is 0.300. The lowest BCUT2D eigenvalue weighted by Crippen LogP contribution is -1.84. The first-order valence-corrected chi connectivity index (χ1v) is 4.60. The lowest BCUT2D eigenvalue weighted by atomic mass is 10.1. The average Bonchev–Trinajstić information content (AvgIpc) is 2.63. The third-order valence-electron chi connectivity index (χ3n) is 2.71. The zero-order valence-electron chi connectivity index (χ0n) is 7.30. The Kier molecular flexibility index (Phi) is 1.20. The zero-order valence-corrected chi connectivity index (χ0v) is 7.30. The molecule has 0 aliphatic heterocycles. The summed E-state index contributed by atoms with van der Waals surface area (Å²) in [5, 5.41) is 0. The Labute approximate surface area is 76.0 Å². The Morgan fingerprint density at radius 3 is 2.85 bits per heavy atom. The summed E-state index contributed by atoms with van der Waals surface area (Å²) in [4.78, 5) is 7.27. The van der Waals surface area contributed by atoms with Gasteiger partial charge in [-0.2, -0.15) is 0 Å². The van der Waals surface area contributed by atoms with Gasteiger partial charge >= 0.3 is 0 Å². The van der Waals surface area contributed by atoms with E-state index in [1.807, 2.05) is 0 Å². The van der Waals surface area contributed by atoms with E-state index in [4.69, 9.17) is 5.73 Å². The van der Waals surface area contributed by atoms with Crippen LogP contribution >= 0.6 is 0 Å². The number of anilines is 1. The maximum absolute atomic E-state index is 5.58. The molecule has 0 spiro atoms. The van der Waals surface area contributed by atoms with Crippen molar-refractivity contribution in [1.82, 2.24) is 9.97 Å². The molecule has 1 aromatic carbocycles. The fourth-order valence-corrected chi connectivity index (χ4v) is 2.10. The van der Waals surface area contributed by atoms with E-state index in [9.17, 15) is 0 Å². The van der Waals surface area contributed by atoms with Crippen molar-refractivity contribution in [3.8, 4) is 0 Å². The molecule has 3 N–H and O–H groups in total. The van der Waals surface area contributed by atoms with Crippen molar-refractivity contribution >= 4 is 17.0 Å². The van der Waals surface area contributed by atoms with Crippen molar-refractivity contribution in [2.45, 2.75) is 19.3 Å². The molecule has 2 aromatic rings. The van der Waals surface area contributed by atoms with Gasteiger partial charge in [-0.3, -0.25) is 0 Å². The Bertz CT molecular complexity index is 429. The standard InChI is InChI=1S/C10H11N3/c11-10-12-8-4-6-2-1-3-7(6)5-9(8)13-10/h4-5H,1-3H2,(H3,11,12,13). The topological polar surface area (TPSA) is 54.7 Å². The highest BCUT2D eigenvalue weighted by Gasteiger charge is 2.12. The van der Waals surface area contributed by atoms with E-state index in [1.165, 1.54) is 30.4 Å². The van der Waals surface area contributed by atoms with Crippen LogP contribution in [-0.2, 0) is 12.8 Å². The molecule has 0 atom stereocenters. The smallest absolute Gasteiger partial charge is 0.198 e. The SMILES string of the molecule is Nc1nc2cc3c(cc2[nH]1)CCC3. The predicted octanol–water partition coefficient (Wildman–Crippen LogP) is 1.63. The normalized spacial score (nSPS) is 15.1. The number of nitrogen functional groups attached to an aromatic ring is 1. The van der Waals surface area contributed by atoms with Gasteiger partial charge in [0.1, 0.15) is 0 Å². The van der Waals surface area contributed by atoms with Gasteiger partial charge in [-0.05, 0) is 42.5 Å². The molecule has 0 unspecified atom stereocenters. The van der Waals surface area contributed by atoms with E-state index >= 15 is 0 Å². The molecule has 0 saturated carbocycles. The predicted molar refractivity (Wildman–Crippen MR) is 52.5 cm³/mol. The molecule has 3 heteroatoms. The van der Waals surface area contributed by atoms with E-state index in [2.05, 4.69) is 22.1 Å². The summed E-state index contributed by atoms with van der Waals surface area (Å²) in [5.41, 5.74) is 10.5. The minimum Gasteiger partial charge on any atom is -0.369 e. The molecule has 1 aliphatic rings. The number of nitrogens with zero attached hydrogens (tertiary/aromatic N) is 1. The molecule has 1 heterocycles. The number of fused-ring (bicyclic) bond motifs is 2. The van der Waals surface area contributed by atoms with Gasteiger partial charge in [-0.1, -0.05) is 0 Å². The van der Waals surface area contributed by atoms with Crippen LogP contribution in [-0.4, -0.2) is 9.97 Å². The molecule has 0 amide bonds. The number of hydrogen-bond acceptors (Lipinski definition) is 2. The van der Waals surface area contributed by atoms with E-state index in [0.717, 1.165) is 11.0 Å². The maximum Gasteiger partial charge on any atom is 0.198 e. The molecule has 0 radical (unpaired) electrons. The van der Waals surface area contributed by atoms with Crippen molar-refractivity contribution in [3.63, 3.8) is 0 Å². The van der Waals surface area contributed by atoms with Crippen molar-refractivity contribution in [2.24, 2.45) is 0 Å². The number of imidazole rings is 1. The van der Waals surface area contributed by atoms with Crippen LogP contribution in [0.2, 0.25) is 0 Å². The van der Waals surface area contributed by atoms with Gasteiger partial charge in [0.15, 0.2) is 5.95 Å². The van der Waals surface area contributed by atoms with Crippen molar-refractivity contribution in [2.75, 3.05) is 5.73 Å². The Hall–Kier alpha value is -1.51. The summed E-state index contributed by atoms with van der Waals surface area (Å²) < 4.78 is 0. The minimum absolute atomic E-state index is 0.513. The van der Waals surface area contributed by atoms with Crippen LogP contribution in [0.3, 0.4) is 0 Å². The van der Waals surface area contributed by atoms with Gasteiger partial charge < -0.3 is 10.7 Å². The number of rotatable bonds is 0. The first-order valence-electron chi connectivity index (χ1n) is 4.60. The van der Waals surface area contributed by atoms with Gasteiger partial charge in [-0.15, -0.1) is 0 Å². The first-order chi connectivity index (χ1) is 6.33. The maximum atomic E-state index is 5.58. The number of aromatic amines is 1. The lowest BCUT2D eigenvalue weighted by Gasteiger charge is -1.96. The highest BCUT2D eigenvalue weighted by molar-refractivity contribution is 5.79. The Morgan fingerprint density at radius 1 is 1.23 bits per heavy atom. The Balaban J connectivity index is 2.35. The number of nitrogens with one attached hydrogen (secondary N) is 1. The minimum atomic E-state index is 0.513. The quantitative estimate of drug-likeness (QED) is 0.636. The highest BCUT2D eigenvalue weighted by Crippen LogP contribution is 2.26. The van der Waals surface area contributed by atoms with Crippen LogP contribution in [0.4, 0.5) is 5.95 Å². The number of nitrogens with two attached hydrogens (primary N) is 1. The van der Waals surface area contributed by atoms with Gasteiger partial charge in [0.25, 0.3) is 0 Å². The zero-order chi connectivity index (χ0) is 8.84. The van der Waals surface area contributed by atoms with Crippen LogP contribution in [0.1, 0.15) is 17.5 Å². The Morgan fingerprint density at radius 2 is 2.00 bits per heavy atom. The number of H-pyrrole nitrogens is 1. The molecule has 1 aliphatic carbocycles. The monoisotopic (exact) mass is 173 g/mol. The molecule has 66 valence electrons. The first kappa shape index (κ1) is 6.95. The van der Waals surface area contributed by atoms with Gasteiger partial charge in [0.2, 0.25) is 0 Å². The molecular formula is C10H11N3. The molecule has 13 heavy (non-hydrogen) atoms. The molecule has 1 aromatic heterocycles. The lowest BCUT2D eigenvalue weighted by molar-refractivity contribution is 0.912. The third kappa shape index (κ3) is 0.932. The molecule has 3 nitrogen and oxygen atoms in total. The van der Waals surface area contributed by atoms with Crippen LogP contribution in [0.25, 0.3) is 11.0 Å². The van der Waals surface area contributed by atoms with Gasteiger partial charge in [0, 0.05) is 0 Å². The molecule has 3 rings (SSSR count). The van der Waals surface area contributed by atoms with Crippen molar-refractivity contribution < 1.29 is 0 Å². The summed E-state index contributed by atoms with van der Waals surface area (Å²) in [6.07, 6.45) is 3.67. The van der Waals surface area contributed by atoms with E-state index < -0.39 is 0 Å². The van der Waals surface area contributed by atoms with Crippen LogP contribution < -0.4 is 5.73 Å². The summed E-state index contributed by atoms with van der Waals surface area (Å²) in [7, 11) is 0. The summed E-state index contributed by atoms with van der Waals surface area (Å²) >= 11 is 0. The second-order valence-corrected chi connectivity index (χ2v) is 3.61. The van der Waals surface area contributed by atoms with Crippen molar-refractivity contribution in [1.29, 1.82) is 0 Å². The van der Waals surface area contributed by atoms with E-state index in [0.29, 0.717) is 5.95 Å². The second kappa shape index (κ2) is 2.25. The third-order valence-corrected chi connectivity index (χ3v) is 2.71. The molecule has 0 bridgehead atoms. The van der Waals surface area contributed by atoms with Crippen LogP contribution in [0.15, 0.2) is 12.1 Å². The van der Waals surface area contributed by atoms with E-state index in [1.54, 1.807) is 0 Å². The fourth-order valence-electron chi connectivity index (χ4n) is 2.10. The van der Waals surface area contributed by atoms with Gasteiger partial charge in [0.05, 0.1) is 11.0 Å². The number of benzene rings is 1. The number of aryl methyl sites for hydroxylation is 2. The van der Waals surface area contributed by atoms with Crippen LogP contribution in [0.5, 0.6) is 0 Å². The van der Waals surface area contributed by atoms with E-state index in [-0.39, 0.29) is 0 Å². The summed E-state index contributed by atoms with van der Waals surface area (Å²) in [5.74, 6) is 0.513. The summed E-state index contributed by atoms with van der Waals surface area (Å²) in [6, 6.07) is 4.34. The average molecular weight is 173 g/mol. The highest BCUT2D eigenvalue weighted by atomic mass is 15.0. The largest absolute Gasteiger partial charge is 0.369 e. The molecule has 0 fully saturated rings.